The maximum Gasteiger partial charge on any atom is 0.418 e. The summed E-state index contributed by atoms with van der Waals surface area (Å²) >= 11 is 0. The first-order valence-corrected chi connectivity index (χ1v) is 6.24. The van der Waals surface area contributed by atoms with Gasteiger partial charge in [0.05, 0.1) is 16.1 Å². The number of rotatable bonds is 2. The average Bonchev–Trinajstić information content (AvgIpc) is 2.45. The van der Waals surface area contributed by atoms with Gasteiger partial charge in [-0.3, -0.25) is 10.1 Å². The zero-order valence-electron chi connectivity index (χ0n) is 11.6. The minimum atomic E-state index is -5.06. The summed E-state index contributed by atoms with van der Waals surface area (Å²) in [5.74, 6) is 0. The number of hydrogen-bond acceptors (Lipinski definition) is 3. The van der Waals surface area contributed by atoms with Crippen LogP contribution in [0.1, 0.15) is 11.1 Å². The number of alkyl halides is 6. The molecule has 0 amide bonds. The van der Waals surface area contributed by atoms with E-state index < -0.39 is 50.9 Å². The van der Waals surface area contributed by atoms with Gasteiger partial charge in [-0.15, -0.1) is 0 Å². The van der Waals surface area contributed by atoms with Crippen molar-refractivity contribution < 1.29 is 31.3 Å². The Hall–Kier alpha value is -2.78. The first kappa shape index (κ1) is 17.6. The van der Waals surface area contributed by atoms with Gasteiger partial charge in [0.2, 0.25) is 0 Å². The van der Waals surface area contributed by atoms with E-state index in [9.17, 15) is 36.5 Å². The summed E-state index contributed by atoms with van der Waals surface area (Å²) in [6, 6.07) is 4.80. The lowest BCUT2D eigenvalue weighted by Gasteiger charge is -2.16. The van der Waals surface area contributed by atoms with E-state index in [4.69, 9.17) is 5.73 Å². The molecule has 2 aromatic rings. The van der Waals surface area contributed by atoms with E-state index in [-0.39, 0.29) is 0 Å². The van der Waals surface area contributed by atoms with Gasteiger partial charge in [0.15, 0.2) is 0 Å². The molecule has 0 fully saturated rings. The van der Waals surface area contributed by atoms with E-state index in [1.807, 2.05) is 0 Å². The molecular weight excluding hydrogens is 342 g/mol. The number of nitrogens with two attached hydrogens (primary N) is 1. The summed E-state index contributed by atoms with van der Waals surface area (Å²) < 4.78 is 78.1. The van der Waals surface area contributed by atoms with Crippen molar-refractivity contribution >= 4 is 11.4 Å². The normalized spacial score (nSPS) is 12.2. The number of hydrogen-bond donors (Lipinski definition) is 1. The van der Waals surface area contributed by atoms with Gasteiger partial charge in [0.1, 0.15) is 5.69 Å². The number of nitrogens with zero attached hydrogens (tertiary/aromatic N) is 1. The molecule has 24 heavy (non-hydrogen) atoms. The monoisotopic (exact) mass is 350 g/mol. The van der Waals surface area contributed by atoms with Crippen LogP contribution in [0.4, 0.5) is 37.7 Å². The van der Waals surface area contributed by atoms with Crippen LogP contribution >= 0.6 is 0 Å². The van der Waals surface area contributed by atoms with Gasteiger partial charge in [0, 0.05) is 6.07 Å². The zero-order chi connectivity index (χ0) is 18.3. The molecule has 0 saturated heterocycles. The van der Waals surface area contributed by atoms with Gasteiger partial charge in [0.25, 0.3) is 5.69 Å². The highest BCUT2D eigenvalue weighted by atomic mass is 19.4. The molecule has 0 radical (unpaired) electrons. The summed E-state index contributed by atoms with van der Waals surface area (Å²) in [5.41, 5.74) is -1.10. The Labute approximate surface area is 130 Å². The molecule has 128 valence electrons. The van der Waals surface area contributed by atoms with Gasteiger partial charge in [-0.05, 0) is 23.3 Å². The Morgan fingerprint density at radius 3 is 1.96 bits per heavy atom. The summed E-state index contributed by atoms with van der Waals surface area (Å²) in [7, 11) is 0. The highest BCUT2D eigenvalue weighted by molar-refractivity contribution is 5.77. The van der Waals surface area contributed by atoms with Crippen molar-refractivity contribution in [3.05, 3.63) is 57.6 Å². The molecule has 2 rings (SSSR count). The molecule has 0 aliphatic rings. The number of benzene rings is 2. The van der Waals surface area contributed by atoms with Crippen LogP contribution in [0.2, 0.25) is 0 Å². The molecule has 0 saturated carbocycles. The highest BCUT2D eigenvalue weighted by Crippen LogP contribution is 2.43. The Kier molecular flexibility index (Phi) is 4.17. The molecule has 0 unspecified atom stereocenters. The van der Waals surface area contributed by atoms with Gasteiger partial charge >= 0.3 is 12.4 Å². The van der Waals surface area contributed by atoms with Crippen molar-refractivity contribution in [1.29, 1.82) is 0 Å². The van der Waals surface area contributed by atoms with Crippen LogP contribution < -0.4 is 5.73 Å². The Bertz CT molecular complexity index is 799. The highest BCUT2D eigenvalue weighted by Gasteiger charge is 2.38. The summed E-state index contributed by atoms with van der Waals surface area (Å²) in [6.07, 6.45) is -9.90. The second kappa shape index (κ2) is 5.69. The third-order valence-electron chi connectivity index (χ3n) is 3.20. The second-order valence-electron chi connectivity index (χ2n) is 4.75. The minimum absolute atomic E-state index is 0.368. The summed E-state index contributed by atoms with van der Waals surface area (Å²) in [4.78, 5) is 9.73. The number of nitrogen functional groups attached to an aromatic ring is 1. The largest absolute Gasteiger partial charge is 0.418 e. The second-order valence-corrected chi connectivity index (χ2v) is 4.75. The zero-order valence-corrected chi connectivity index (χ0v) is 11.6. The lowest BCUT2D eigenvalue weighted by molar-refractivity contribution is -0.384. The van der Waals surface area contributed by atoms with Crippen molar-refractivity contribution in [2.75, 3.05) is 5.73 Å². The predicted octanol–water partition coefficient (Wildman–Crippen LogP) is 4.88. The molecule has 4 nitrogen and oxygen atoms in total. The van der Waals surface area contributed by atoms with Gasteiger partial charge in [-0.25, -0.2) is 0 Å². The van der Waals surface area contributed by atoms with Crippen molar-refractivity contribution in [2.45, 2.75) is 12.4 Å². The van der Waals surface area contributed by atoms with Gasteiger partial charge in [-0.1, -0.05) is 18.2 Å². The third kappa shape index (κ3) is 3.26. The first-order valence-electron chi connectivity index (χ1n) is 6.24. The van der Waals surface area contributed by atoms with Gasteiger partial charge in [-0.2, -0.15) is 26.3 Å². The van der Waals surface area contributed by atoms with Crippen molar-refractivity contribution in [3.63, 3.8) is 0 Å². The van der Waals surface area contributed by atoms with Crippen LogP contribution in [-0.2, 0) is 12.4 Å². The fourth-order valence-corrected chi connectivity index (χ4v) is 2.16. The van der Waals surface area contributed by atoms with Crippen molar-refractivity contribution in [3.8, 4) is 11.1 Å². The molecule has 0 aliphatic carbocycles. The smallest absolute Gasteiger partial charge is 0.393 e. The number of halogens is 6. The van der Waals surface area contributed by atoms with Crippen molar-refractivity contribution in [1.82, 2.24) is 0 Å². The molecule has 0 aromatic heterocycles. The fourth-order valence-electron chi connectivity index (χ4n) is 2.16. The van der Waals surface area contributed by atoms with Gasteiger partial charge < -0.3 is 5.73 Å². The average molecular weight is 350 g/mol. The Morgan fingerprint density at radius 2 is 1.46 bits per heavy atom. The van der Waals surface area contributed by atoms with E-state index in [1.165, 1.54) is 6.07 Å². The SMILES string of the molecule is Nc1c([N+](=O)[O-])cc(-c2ccccc2C(F)(F)F)cc1C(F)(F)F. The maximum absolute atomic E-state index is 13.0. The first-order chi connectivity index (χ1) is 10.9. The van der Waals surface area contributed by atoms with E-state index in [0.29, 0.717) is 18.2 Å². The molecule has 2 aromatic carbocycles. The third-order valence-corrected chi connectivity index (χ3v) is 3.20. The summed E-state index contributed by atoms with van der Waals surface area (Å²) in [5, 5.41) is 10.9. The fraction of sp³-hybridized carbons (Fsp3) is 0.143. The van der Waals surface area contributed by atoms with E-state index in [2.05, 4.69) is 0 Å². The van der Waals surface area contributed by atoms with E-state index in [1.54, 1.807) is 0 Å². The molecule has 0 aliphatic heterocycles. The number of nitro benzene ring substituents is 1. The van der Waals surface area contributed by atoms with E-state index in [0.717, 1.165) is 12.1 Å². The molecular formula is C14H8F6N2O2. The molecule has 0 heterocycles. The van der Waals surface area contributed by atoms with Crippen LogP contribution in [0, 0.1) is 10.1 Å². The van der Waals surface area contributed by atoms with Crippen LogP contribution in [-0.4, -0.2) is 4.92 Å². The minimum Gasteiger partial charge on any atom is -0.393 e. The quantitative estimate of drug-likeness (QED) is 0.363. The van der Waals surface area contributed by atoms with E-state index >= 15 is 0 Å². The van der Waals surface area contributed by atoms with Crippen LogP contribution in [0.15, 0.2) is 36.4 Å². The summed E-state index contributed by atoms with van der Waals surface area (Å²) in [6.45, 7) is 0. The van der Waals surface area contributed by atoms with Crippen LogP contribution in [0.5, 0.6) is 0 Å². The van der Waals surface area contributed by atoms with Crippen LogP contribution in [0.3, 0.4) is 0 Å². The lowest BCUT2D eigenvalue weighted by atomic mass is 9.96. The number of nitro groups is 1. The number of anilines is 1. The topological polar surface area (TPSA) is 69.2 Å². The lowest BCUT2D eigenvalue weighted by Crippen LogP contribution is -2.12. The molecule has 10 heteroatoms. The standard InChI is InChI=1S/C14H8F6N2O2/c15-13(16,17)9-4-2-1-3-8(9)7-5-10(14(18,19)20)12(21)11(6-7)22(23)24/h1-6H,21H2. The molecule has 2 N–H and O–H groups in total. The maximum atomic E-state index is 13.0. The molecule has 0 bridgehead atoms. The molecule has 0 spiro atoms. The Balaban J connectivity index is 2.82. The Morgan fingerprint density at radius 1 is 0.917 bits per heavy atom. The predicted molar refractivity (Wildman–Crippen MR) is 72.9 cm³/mol. The van der Waals surface area contributed by atoms with Crippen molar-refractivity contribution in [2.24, 2.45) is 0 Å². The van der Waals surface area contributed by atoms with Crippen LogP contribution in [0.25, 0.3) is 11.1 Å². The molecule has 0 atom stereocenters.